The van der Waals surface area contributed by atoms with Crippen LogP contribution < -0.4 is 5.32 Å². The highest BCUT2D eigenvalue weighted by Crippen LogP contribution is 2.30. The zero-order chi connectivity index (χ0) is 13.3. The number of aryl methyl sites for hydroxylation is 1. The lowest BCUT2D eigenvalue weighted by Gasteiger charge is -2.20. The highest BCUT2D eigenvalue weighted by Gasteiger charge is 2.16. The van der Waals surface area contributed by atoms with Crippen molar-refractivity contribution in [3.63, 3.8) is 0 Å². The van der Waals surface area contributed by atoms with Crippen LogP contribution in [-0.2, 0) is 5.41 Å². The molecule has 1 N–H and O–H groups in total. The topological polar surface area (TPSA) is 38.1 Å². The molecule has 2 rings (SSSR count). The highest BCUT2D eigenvalue weighted by atomic mass is 16.4. The number of hydrogen-bond donors (Lipinski definition) is 1. The zero-order valence-corrected chi connectivity index (χ0v) is 11.7. The summed E-state index contributed by atoms with van der Waals surface area (Å²) in [5.41, 5.74) is 4.66. The molecule has 0 radical (unpaired) electrons. The Morgan fingerprint density at radius 2 is 1.94 bits per heavy atom. The molecule has 1 heterocycles. The molecule has 0 amide bonds. The maximum absolute atomic E-state index is 5.33. The van der Waals surface area contributed by atoms with Gasteiger partial charge in [-0.15, -0.1) is 0 Å². The molecule has 0 bridgehead atoms. The number of hydrogen-bond acceptors (Lipinski definition) is 3. The third-order valence-electron chi connectivity index (χ3n) is 3.10. The lowest BCUT2D eigenvalue weighted by molar-refractivity contribution is 0.576. The predicted octanol–water partition coefficient (Wildman–Crippen LogP) is 3.99. The van der Waals surface area contributed by atoms with E-state index in [0.717, 1.165) is 11.3 Å². The van der Waals surface area contributed by atoms with Gasteiger partial charge in [-0.2, -0.15) is 4.98 Å². The summed E-state index contributed by atoms with van der Waals surface area (Å²) in [5, 5.41) is 2.90. The second-order valence-corrected chi connectivity index (χ2v) is 5.57. The maximum Gasteiger partial charge on any atom is 0.294 e. The van der Waals surface area contributed by atoms with Crippen LogP contribution in [0.25, 0.3) is 11.3 Å². The quantitative estimate of drug-likeness (QED) is 0.868. The van der Waals surface area contributed by atoms with Crippen LogP contribution in [0, 0.1) is 6.92 Å². The Balaban J connectivity index is 2.49. The smallest absolute Gasteiger partial charge is 0.294 e. The molecular weight excluding hydrogens is 224 g/mol. The van der Waals surface area contributed by atoms with Crippen LogP contribution in [0.15, 0.2) is 28.9 Å². The summed E-state index contributed by atoms with van der Waals surface area (Å²) in [4.78, 5) is 4.41. The van der Waals surface area contributed by atoms with Gasteiger partial charge in [-0.25, -0.2) is 0 Å². The number of nitrogens with zero attached hydrogens (tertiary/aromatic N) is 1. The first-order valence-corrected chi connectivity index (χ1v) is 6.16. The first-order valence-electron chi connectivity index (χ1n) is 6.16. The standard InChI is InChI=1S/C15H20N2O/c1-10-6-7-11(15(2,3)4)8-12(10)13-9-18-14(16-5)17-13/h6-9H,1-5H3,(H,16,17). The number of benzene rings is 1. The van der Waals surface area contributed by atoms with Gasteiger partial charge in [0.2, 0.25) is 0 Å². The Bertz CT molecular complexity index is 550. The molecule has 0 saturated heterocycles. The van der Waals surface area contributed by atoms with Gasteiger partial charge in [0.05, 0.1) is 0 Å². The van der Waals surface area contributed by atoms with E-state index in [4.69, 9.17) is 4.42 Å². The van der Waals surface area contributed by atoms with Crippen molar-refractivity contribution < 1.29 is 4.42 Å². The molecule has 0 aliphatic heterocycles. The van der Waals surface area contributed by atoms with Crippen molar-refractivity contribution in [2.45, 2.75) is 33.1 Å². The number of rotatable bonds is 2. The lowest BCUT2D eigenvalue weighted by Crippen LogP contribution is -2.11. The van der Waals surface area contributed by atoms with Gasteiger partial charge >= 0.3 is 0 Å². The van der Waals surface area contributed by atoms with Gasteiger partial charge in [-0.3, -0.25) is 0 Å². The van der Waals surface area contributed by atoms with Gasteiger partial charge in [-0.1, -0.05) is 32.9 Å². The van der Waals surface area contributed by atoms with Crippen molar-refractivity contribution in [2.24, 2.45) is 0 Å². The summed E-state index contributed by atoms with van der Waals surface area (Å²) in [5.74, 6) is 0. The van der Waals surface area contributed by atoms with Crippen molar-refractivity contribution in [1.29, 1.82) is 0 Å². The molecule has 1 aromatic carbocycles. The van der Waals surface area contributed by atoms with E-state index < -0.39 is 0 Å². The molecule has 2 aromatic rings. The minimum Gasteiger partial charge on any atom is -0.432 e. The number of aromatic nitrogens is 1. The van der Waals surface area contributed by atoms with Gasteiger partial charge < -0.3 is 9.73 Å². The minimum atomic E-state index is 0.137. The first kappa shape index (κ1) is 12.7. The summed E-state index contributed by atoms with van der Waals surface area (Å²) < 4.78 is 5.33. The van der Waals surface area contributed by atoms with Crippen molar-refractivity contribution in [1.82, 2.24) is 4.98 Å². The molecule has 96 valence electrons. The predicted molar refractivity (Wildman–Crippen MR) is 74.9 cm³/mol. The van der Waals surface area contributed by atoms with Crippen LogP contribution >= 0.6 is 0 Å². The largest absolute Gasteiger partial charge is 0.432 e. The molecule has 0 unspecified atom stereocenters. The molecule has 3 heteroatoms. The second kappa shape index (κ2) is 4.48. The molecule has 1 aromatic heterocycles. The lowest BCUT2D eigenvalue weighted by atomic mass is 9.85. The first-order chi connectivity index (χ1) is 8.41. The minimum absolute atomic E-state index is 0.137. The van der Waals surface area contributed by atoms with Gasteiger partial charge in [-0.05, 0) is 29.5 Å². The summed E-state index contributed by atoms with van der Waals surface area (Å²) >= 11 is 0. The third kappa shape index (κ3) is 2.40. The summed E-state index contributed by atoms with van der Waals surface area (Å²) in [6.07, 6.45) is 1.70. The Morgan fingerprint density at radius 3 is 2.50 bits per heavy atom. The molecule has 3 nitrogen and oxygen atoms in total. The van der Waals surface area contributed by atoms with E-state index in [1.165, 1.54) is 11.1 Å². The SMILES string of the molecule is CNc1nc(-c2cc(C(C)(C)C)ccc2C)co1. The fourth-order valence-electron chi connectivity index (χ4n) is 1.88. The maximum atomic E-state index is 5.33. The van der Waals surface area contributed by atoms with Gasteiger partial charge in [0.15, 0.2) is 0 Å². The van der Waals surface area contributed by atoms with Crippen LogP contribution in [0.3, 0.4) is 0 Å². The van der Waals surface area contributed by atoms with Crippen molar-refractivity contribution in [2.75, 3.05) is 12.4 Å². The second-order valence-electron chi connectivity index (χ2n) is 5.57. The van der Waals surface area contributed by atoms with Crippen LogP contribution in [0.2, 0.25) is 0 Å². The average molecular weight is 244 g/mol. The molecule has 0 spiro atoms. The monoisotopic (exact) mass is 244 g/mol. The summed E-state index contributed by atoms with van der Waals surface area (Å²) in [6.45, 7) is 8.73. The number of nitrogens with one attached hydrogen (secondary N) is 1. The van der Waals surface area contributed by atoms with Gasteiger partial charge in [0, 0.05) is 12.6 Å². The van der Waals surface area contributed by atoms with E-state index in [2.05, 4.69) is 56.2 Å². The van der Waals surface area contributed by atoms with Crippen molar-refractivity contribution in [3.8, 4) is 11.3 Å². The molecule has 0 saturated carbocycles. The van der Waals surface area contributed by atoms with Crippen molar-refractivity contribution in [3.05, 3.63) is 35.6 Å². The Kier molecular flexibility index (Phi) is 3.16. The van der Waals surface area contributed by atoms with Crippen LogP contribution in [0.1, 0.15) is 31.9 Å². The Labute approximate surface area is 108 Å². The van der Waals surface area contributed by atoms with Crippen LogP contribution in [0.5, 0.6) is 0 Å². The average Bonchev–Trinajstić information content (AvgIpc) is 2.76. The highest BCUT2D eigenvalue weighted by molar-refractivity contribution is 5.65. The van der Waals surface area contributed by atoms with Crippen molar-refractivity contribution >= 4 is 6.01 Å². The normalized spacial score (nSPS) is 11.6. The third-order valence-corrected chi connectivity index (χ3v) is 3.10. The number of anilines is 1. The molecule has 0 aliphatic carbocycles. The van der Waals surface area contributed by atoms with Crippen LogP contribution in [0.4, 0.5) is 6.01 Å². The summed E-state index contributed by atoms with van der Waals surface area (Å²) in [6, 6.07) is 7.07. The molecular formula is C15H20N2O. The van der Waals surface area contributed by atoms with Gasteiger partial charge in [0.1, 0.15) is 12.0 Å². The molecule has 0 fully saturated rings. The molecule has 0 atom stereocenters. The Hall–Kier alpha value is -1.77. The van der Waals surface area contributed by atoms with E-state index in [1.807, 2.05) is 0 Å². The Morgan fingerprint density at radius 1 is 1.22 bits per heavy atom. The zero-order valence-electron chi connectivity index (χ0n) is 11.7. The fraction of sp³-hybridized carbons (Fsp3) is 0.400. The van der Waals surface area contributed by atoms with E-state index in [9.17, 15) is 0 Å². The van der Waals surface area contributed by atoms with E-state index in [-0.39, 0.29) is 5.41 Å². The fourth-order valence-corrected chi connectivity index (χ4v) is 1.88. The molecule has 0 aliphatic rings. The van der Waals surface area contributed by atoms with Crippen LogP contribution in [-0.4, -0.2) is 12.0 Å². The van der Waals surface area contributed by atoms with E-state index >= 15 is 0 Å². The number of oxazole rings is 1. The summed E-state index contributed by atoms with van der Waals surface area (Å²) in [7, 11) is 1.80. The van der Waals surface area contributed by atoms with E-state index in [0.29, 0.717) is 6.01 Å². The van der Waals surface area contributed by atoms with Gasteiger partial charge in [0.25, 0.3) is 6.01 Å². The van der Waals surface area contributed by atoms with E-state index in [1.54, 1.807) is 13.3 Å². The molecule has 18 heavy (non-hydrogen) atoms.